The highest BCUT2D eigenvalue weighted by atomic mass is 35.7. The number of rotatable bonds is 6. The Kier molecular flexibility index (Phi) is 5.56. The number of halogens is 1. The topological polar surface area (TPSA) is 80.7 Å². The molecule has 8 heteroatoms. The molecule has 0 aromatic heterocycles. The van der Waals surface area contributed by atoms with Gasteiger partial charge >= 0.3 is 5.97 Å². The highest BCUT2D eigenvalue weighted by Gasteiger charge is 2.24. The van der Waals surface area contributed by atoms with Gasteiger partial charge in [0, 0.05) is 10.7 Å². The van der Waals surface area contributed by atoms with Crippen molar-refractivity contribution in [1.82, 2.24) is 0 Å². The first-order valence-electron chi connectivity index (χ1n) is 6.54. The minimum Gasteiger partial charge on any atom is -0.478 e. The Balaban J connectivity index is 2.67. The molecule has 0 spiro atoms. The molecule has 2 aromatic rings. The van der Waals surface area contributed by atoms with Gasteiger partial charge in [-0.2, -0.15) is 0 Å². The van der Waals surface area contributed by atoms with Crippen LogP contribution in [0.2, 0.25) is 0 Å². The van der Waals surface area contributed by atoms with Gasteiger partial charge in [-0.1, -0.05) is 25.1 Å². The first kappa shape index (κ1) is 17.7. The minimum absolute atomic E-state index is 0.0306. The van der Waals surface area contributed by atoms with Crippen LogP contribution in [-0.2, 0) is 9.05 Å². The lowest BCUT2D eigenvalue weighted by molar-refractivity contribution is 0.0696. The first-order valence-corrected chi connectivity index (χ1v) is 9.84. The highest BCUT2D eigenvalue weighted by molar-refractivity contribution is 8.13. The molecule has 0 bridgehead atoms. The van der Waals surface area contributed by atoms with Crippen LogP contribution < -0.4 is 4.74 Å². The second kappa shape index (κ2) is 7.25. The van der Waals surface area contributed by atoms with Gasteiger partial charge in [0.05, 0.1) is 10.5 Å². The Morgan fingerprint density at radius 1 is 1.26 bits per heavy atom. The predicted octanol–water partition coefficient (Wildman–Crippen LogP) is 4.22. The van der Waals surface area contributed by atoms with Crippen molar-refractivity contribution in [2.75, 3.05) is 5.75 Å². The maximum atomic E-state index is 11.9. The number of ether oxygens (including phenoxy) is 1. The fourth-order valence-electron chi connectivity index (χ4n) is 1.85. The van der Waals surface area contributed by atoms with Gasteiger partial charge in [0.15, 0.2) is 5.75 Å². The highest BCUT2D eigenvalue weighted by Crippen LogP contribution is 2.40. The first-order chi connectivity index (χ1) is 10.8. The van der Waals surface area contributed by atoms with Crippen LogP contribution in [0.4, 0.5) is 0 Å². The van der Waals surface area contributed by atoms with Crippen molar-refractivity contribution in [1.29, 1.82) is 0 Å². The average molecular weight is 373 g/mol. The summed E-state index contributed by atoms with van der Waals surface area (Å²) in [6, 6.07) is 11.0. The van der Waals surface area contributed by atoms with Crippen LogP contribution in [0.3, 0.4) is 0 Å². The van der Waals surface area contributed by atoms with Gasteiger partial charge in [0.2, 0.25) is 0 Å². The van der Waals surface area contributed by atoms with Gasteiger partial charge in [-0.3, -0.25) is 0 Å². The summed E-state index contributed by atoms with van der Waals surface area (Å²) < 4.78 is 29.4. The number of aromatic carboxylic acids is 1. The number of benzene rings is 2. The molecule has 0 saturated heterocycles. The zero-order chi connectivity index (χ0) is 17.0. The molecule has 0 aliphatic rings. The normalized spacial score (nSPS) is 11.2. The second-order valence-corrected chi connectivity index (χ2v) is 8.23. The summed E-state index contributed by atoms with van der Waals surface area (Å²) >= 11 is 1.27. The molecular weight excluding hydrogens is 360 g/mol. The van der Waals surface area contributed by atoms with E-state index >= 15 is 0 Å². The quantitative estimate of drug-likeness (QED) is 0.604. The molecule has 0 fully saturated rings. The Labute approximate surface area is 142 Å². The van der Waals surface area contributed by atoms with Crippen LogP contribution in [0.15, 0.2) is 52.3 Å². The SMILES string of the molecule is CCSc1cc(C(=O)O)cc(S(=O)(=O)Cl)c1Oc1ccccc1. The summed E-state index contributed by atoms with van der Waals surface area (Å²) in [7, 11) is 1.29. The lowest BCUT2D eigenvalue weighted by atomic mass is 10.2. The van der Waals surface area contributed by atoms with Gasteiger partial charge in [-0.15, -0.1) is 11.8 Å². The number of hydrogen-bond acceptors (Lipinski definition) is 5. The minimum atomic E-state index is -4.18. The second-order valence-electron chi connectivity index (χ2n) is 4.39. The molecule has 2 aromatic carbocycles. The number of thioether (sulfide) groups is 1. The molecular formula is C15H13ClO5S2. The molecule has 0 saturated carbocycles. The summed E-state index contributed by atoms with van der Waals surface area (Å²) in [5.74, 6) is -0.176. The fourth-order valence-corrected chi connectivity index (χ4v) is 3.70. The predicted molar refractivity (Wildman–Crippen MR) is 89.4 cm³/mol. The number of hydrogen-bond donors (Lipinski definition) is 1. The monoisotopic (exact) mass is 372 g/mol. The fraction of sp³-hybridized carbons (Fsp3) is 0.133. The number of carboxylic acids is 1. The maximum Gasteiger partial charge on any atom is 0.335 e. The third-order valence-corrected chi connectivity index (χ3v) is 5.02. The Morgan fingerprint density at radius 3 is 2.43 bits per heavy atom. The molecule has 0 aliphatic carbocycles. The van der Waals surface area contributed by atoms with Crippen molar-refractivity contribution in [3.05, 3.63) is 48.0 Å². The van der Waals surface area contributed by atoms with E-state index < -0.39 is 15.0 Å². The van der Waals surface area contributed by atoms with Gasteiger partial charge in [0.1, 0.15) is 10.6 Å². The summed E-state index contributed by atoms with van der Waals surface area (Å²) in [5, 5.41) is 9.16. The summed E-state index contributed by atoms with van der Waals surface area (Å²) in [5.41, 5.74) is -0.166. The van der Waals surface area contributed by atoms with Crippen molar-refractivity contribution in [3.8, 4) is 11.5 Å². The molecule has 0 aliphatic heterocycles. The third-order valence-electron chi connectivity index (χ3n) is 2.79. The van der Waals surface area contributed by atoms with E-state index in [1.807, 2.05) is 6.92 Å². The average Bonchev–Trinajstić information content (AvgIpc) is 2.48. The zero-order valence-electron chi connectivity index (χ0n) is 12.0. The molecule has 1 N–H and O–H groups in total. The number of carbonyl (C=O) groups is 1. The van der Waals surface area contributed by atoms with E-state index in [4.69, 9.17) is 20.5 Å². The van der Waals surface area contributed by atoms with E-state index in [9.17, 15) is 13.2 Å². The molecule has 0 atom stereocenters. The standard InChI is InChI=1S/C15H13ClO5S2/c1-2-22-12-8-10(15(17)18)9-13(23(16,19)20)14(12)21-11-6-4-3-5-7-11/h3-9H,2H2,1H3,(H,17,18). The van der Waals surface area contributed by atoms with Crippen molar-refractivity contribution >= 4 is 37.5 Å². The van der Waals surface area contributed by atoms with E-state index in [1.54, 1.807) is 30.3 Å². The van der Waals surface area contributed by atoms with E-state index in [0.29, 0.717) is 16.4 Å². The molecule has 0 heterocycles. The van der Waals surface area contributed by atoms with Crippen molar-refractivity contribution in [3.63, 3.8) is 0 Å². The molecule has 5 nitrogen and oxygen atoms in total. The van der Waals surface area contributed by atoms with Crippen LogP contribution in [-0.4, -0.2) is 25.2 Å². The van der Waals surface area contributed by atoms with E-state index in [2.05, 4.69) is 0 Å². The number of para-hydroxylation sites is 1. The summed E-state index contributed by atoms with van der Waals surface area (Å²) in [4.78, 5) is 11.3. The largest absolute Gasteiger partial charge is 0.478 e. The van der Waals surface area contributed by atoms with Crippen LogP contribution in [0.5, 0.6) is 11.5 Å². The van der Waals surface area contributed by atoms with Crippen LogP contribution in [0.1, 0.15) is 17.3 Å². The Morgan fingerprint density at radius 2 is 1.91 bits per heavy atom. The lowest BCUT2D eigenvalue weighted by Crippen LogP contribution is -2.04. The number of carboxylic acid groups (broad SMARTS) is 1. The smallest absolute Gasteiger partial charge is 0.335 e. The molecule has 23 heavy (non-hydrogen) atoms. The molecule has 0 radical (unpaired) electrons. The van der Waals surface area contributed by atoms with Crippen molar-refractivity contribution in [2.24, 2.45) is 0 Å². The molecule has 2 rings (SSSR count). The van der Waals surface area contributed by atoms with Crippen molar-refractivity contribution in [2.45, 2.75) is 16.7 Å². The van der Waals surface area contributed by atoms with Crippen LogP contribution >= 0.6 is 22.4 Å². The summed E-state index contributed by atoms with van der Waals surface area (Å²) in [6.45, 7) is 1.86. The third kappa shape index (κ3) is 4.40. The van der Waals surface area contributed by atoms with Gasteiger partial charge < -0.3 is 9.84 Å². The zero-order valence-corrected chi connectivity index (χ0v) is 14.4. The Hall–Kier alpha value is -1.70. The molecule has 0 amide bonds. The van der Waals surface area contributed by atoms with E-state index in [-0.39, 0.29) is 16.2 Å². The van der Waals surface area contributed by atoms with Crippen LogP contribution in [0, 0.1) is 0 Å². The maximum absolute atomic E-state index is 11.9. The van der Waals surface area contributed by atoms with Crippen molar-refractivity contribution < 1.29 is 23.1 Å². The molecule has 122 valence electrons. The van der Waals surface area contributed by atoms with Gasteiger partial charge in [0.25, 0.3) is 9.05 Å². The summed E-state index contributed by atoms with van der Waals surface area (Å²) in [6.07, 6.45) is 0. The van der Waals surface area contributed by atoms with E-state index in [0.717, 1.165) is 6.07 Å². The van der Waals surface area contributed by atoms with Crippen LogP contribution in [0.25, 0.3) is 0 Å². The molecule has 0 unspecified atom stereocenters. The van der Waals surface area contributed by atoms with Gasteiger partial charge in [-0.25, -0.2) is 13.2 Å². The van der Waals surface area contributed by atoms with E-state index in [1.165, 1.54) is 17.8 Å². The van der Waals surface area contributed by atoms with Gasteiger partial charge in [-0.05, 0) is 30.0 Å². The Bertz CT molecular complexity index is 819. The lowest BCUT2D eigenvalue weighted by Gasteiger charge is -2.14.